The lowest BCUT2D eigenvalue weighted by molar-refractivity contribution is -0.143. The minimum absolute atomic E-state index is 0.0346. The molecular formula is C17H24ClNO2. The van der Waals surface area contributed by atoms with Crippen LogP contribution in [0.15, 0.2) is 24.3 Å². The van der Waals surface area contributed by atoms with Gasteiger partial charge in [-0.25, -0.2) is 0 Å². The maximum Gasteiger partial charge on any atom is 0.306 e. The maximum atomic E-state index is 10.9. The Kier molecular flexibility index (Phi) is 5.65. The van der Waals surface area contributed by atoms with Gasteiger partial charge >= 0.3 is 5.97 Å². The summed E-state index contributed by atoms with van der Waals surface area (Å²) in [5, 5.41) is 8.98. The molecule has 1 aliphatic heterocycles. The molecule has 0 aliphatic carbocycles. The predicted molar refractivity (Wildman–Crippen MR) is 85.9 cm³/mol. The first-order valence-corrected chi connectivity index (χ1v) is 8.10. The van der Waals surface area contributed by atoms with Crippen molar-refractivity contribution in [3.05, 3.63) is 35.4 Å². The lowest BCUT2D eigenvalue weighted by atomic mass is 9.96. The van der Waals surface area contributed by atoms with Crippen LogP contribution in [0.5, 0.6) is 0 Å². The van der Waals surface area contributed by atoms with E-state index in [0.717, 1.165) is 38.0 Å². The van der Waals surface area contributed by atoms with Crippen molar-refractivity contribution in [3.63, 3.8) is 0 Å². The molecule has 1 fully saturated rings. The van der Waals surface area contributed by atoms with Crippen LogP contribution in [0.25, 0.3) is 0 Å². The summed E-state index contributed by atoms with van der Waals surface area (Å²) in [6.45, 7) is 6.79. The van der Waals surface area contributed by atoms with Crippen LogP contribution in [-0.4, -0.2) is 35.6 Å². The molecule has 0 radical (unpaired) electrons. The van der Waals surface area contributed by atoms with Crippen LogP contribution in [0.3, 0.4) is 0 Å². The number of piperidine rings is 1. The fourth-order valence-electron chi connectivity index (χ4n) is 2.78. The lowest BCUT2D eigenvalue weighted by Crippen LogP contribution is -2.37. The van der Waals surface area contributed by atoms with Crippen LogP contribution in [-0.2, 0) is 4.79 Å². The van der Waals surface area contributed by atoms with E-state index in [1.807, 2.05) is 0 Å². The molecule has 1 N–H and O–H groups in total. The highest BCUT2D eigenvalue weighted by Gasteiger charge is 2.25. The first kappa shape index (κ1) is 16.3. The zero-order valence-electron chi connectivity index (χ0n) is 12.8. The van der Waals surface area contributed by atoms with E-state index >= 15 is 0 Å². The number of halogens is 1. The molecule has 0 aromatic heterocycles. The molecule has 2 rings (SSSR count). The van der Waals surface area contributed by atoms with Crippen molar-refractivity contribution in [2.24, 2.45) is 5.92 Å². The first-order chi connectivity index (χ1) is 9.97. The molecule has 0 saturated carbocycles. The summed E-state index contributed by atoms with van der Waals surface area (Å²) >= 11 is 6.51. The summed E-state index contributed by atoms with van der Waals surface area (Å²) in [6, 6.07) is 8.51. The molecule has 0 spiro atoms. The molecule has 0 amide bonds. The summed E-state index contributed by atoms with van der Waals surface area (Å²) in [5.41, 5.74) is 2.46. The van der Waals surface area contributed by atoms with Gasteiger partial charge in [-0.3, -0.25) is 4.79 Å². The minimum Gasteiger partial charge on any atom is -0.481 e. The third-order valence-corrected chi connectivity index (χ3v) is 4.71. The van der Waals surface area contributed by atoms with E-state index in [-0.39, 0.29) is 11.3 Å². The average Bonchev–Trinajstić information content (AvgIpc) is 2.47. The maximum absolute atomic E-state index is 10.9. The average molecular weight is 310 g/mol. The molecule has 1 unspecified atom stereocenters. The highest BCUT2D eigenvalue weighted by atomic mass is 35.5. The number of nitrogens with zero attached hydrogens (tertiary/aromatic N) is 1. The number of carboxylic acid groups (broad SMARTS) is 1. The van der Waals surface area contributed by atoms with Gasteiger partial charge in [0, 0.05) is 6.54 Å². The fraction of sp³-hybridized carbons (Fsp3) is 0.588. The second-order valence-electron chi connectivity index (χ2n) is 6.20. The Morgan fingerprint density at radius 3 is 2.24 bits per heavy atom. The Morgan fingerprint density at radius 2 is 1.76 bits per heavy atom. The van der Waals surface area contributed by atoms with Crippen molar-refractivity contribution in [1.82, 2.24) is 4.90 Å². The number of alkyl halides is 1. The van der Waals surface area contributed by atoms with Crippen molar-refractivity contribution < 1.29 is 9.90 Å². The van der Waals surface area contributed by atoms with Crippen molar-refractivity contribution in [1.29, 1.82) is 0 Å². The van der Waals surface area contributed by atoms with Crippen molar-refractivity contribution in [3.8, 4) is 0 Å². The molecule has 3 nitrogen and oxygen atoms in total. The predicted octanol–water partition coefficient (Wildman–Crippen LogP) is 3.89. The van der Waals surface area contributed by atoms with E-state index in [1.54, 1.807) is 0 Å². The Labute approximate surface area is 131 Å². The van der Waals surface area contributed by atoms with Crippen molar-refractivity contribution in [2.45, 2.75) is 38.0 Å². The molecule has 1 heterocycles. The van der Waals surface area contributed by atoms with Gasteiger partial charge in [-0.05, 0) is 43.0 Å². The van der Waals surface area contributed by atoms with Gasteiger partial charge in [0.05, 0.1) is 11.3 Å². The highest BCUT2D eigenvalue weighted by Crippen LogP contribution is 2.26. The van der Waals surface area contributed by atoms with Gasteiger partial charge in [0.15, 0.2) is 0 Å². The number of carboxylic acids is 1. The number of aliphatic carboxylic acids is 1. The third-order valence-electron chi connectivity index (χ3n) is 4.32. The van der Waals surface area contributed by atoms with E-state index in [2.05, 4.69) is 43.0 Å². The van der Waals surface area contributed by atoms with Gasteiger partial charge in [0.1, 0.15) is 0 Å². The number of likely N-dealkylation sites (tertiary alicyclic amines) is 1. The van der Waals surface area contributed by atoms with E-state index < -0.39 is 5.97 Å². The molecule has 1 atom stereocenters. The number of hydrogen-bond donors (Lipinski definition) is 1. The Bertz CT molecular complexity index is 464. The van der Waals surface area contributed by atoms with Crippen LogP contribution in [0.2, 0.25) is 0 Å². The zero-order valence-corrected chi connectivity index (χ0v) is 13.5. The Balaban J connectivity index is 1.87. The van der Waals surface area contributed by atoms with Gasteiger partial charge in [-0.15, -0.1) is 11.6 Å². The molecule has 1 aliphatic rings. The van der Waals surface area contributed by atoms with E-state index in [1.165, 1.54) is 5.56 Å². The summed E-state index contributed by atoms with van der Waals surface area (Å²) in [4.78, 5) is 13.2. The van der Waals surface area contributed by atoms with E-state index in [4.69, 9.17) is 16.7 Å². The normalized spacial score (nSPS) is 18.9. The second-order valence-corrected chi connectivity index (χ2v) is 6.73. The van der Waals surface area contributed by atoms with Gasteiger partial charge in [-0.1, -0.05) is 38.1 Å². The number of rotatable bonds is 5. The number of hydrogen-bond acceptors (Lipinski definition) is 2. The van der Waals surface area contributed by atoms with E-state index in [0.29, 0.717) is 5.92 Å². The molecule has 21 heavy (non-hydrogen) atoms. The topological polar surface area (TPSA) is 40.5 Å². The molecule has 1 aromatic carbocycles. The molecule has 4 heteroatoms. The summed E-state index contributed by atoms with van der Waals surface area (Å²) in [7, 11) is 0. The SMILES string of the molecule is CC(C)c1ccc(C(Cl)CN2CCC(C(=O)O)CC2)cc1. The summed E-state index contributed by atoms with van der Waals surface area (Å²) < 4.78 is 0. The largest absolute Gasteiger partial charge is 0.481 e. The molecular weight excluding hydrogens is 286 g/mol. The smallest absolute Gasteiger partial charge is 0.306 e. The lowest BCUT2D eigenvalue weighted by Gasteiger charge is -2.31. The summed E-state index contributed by atoms with van der Waals surface area (Å²) in [5.74, 6) is -0.315. The molecule has 1 aromatic rings. The Hall–Kier alpha value is -1.06. The van der Waals surface area contributed by atoms with Gasteiger partial charge < -0.3 is 10.0 Å². The van der Waals surface area contributed by atoms with Crippen molar-refractivity contribution >= 4 is 17.6 Å². The standard InChI is InChI=1S/C17H24ClNO2/c1-12(2)13-3-5-14(6-4-13)16(18)11-19-9-7-15(8-10-19)17(20)21/h3-6,12,15-16H,7-11H2,1-2H3,(H,20,21). The Morgan fingerprint density at radius 1 is 1.24 bits per heavy atom. The number of benzene rings is 1. The highest BCUT2D eigenvalue weighted by molar-refractivity contribution is 6.21. The van der Waals surface area contributed by atoms with Crippen molar-refractivity contribution in [2.75, 3.05) is 19.6 Å². The fourth-order valence-corrected chi connectivity index (χ4v) is 3.12. The van der Waals surface area contributed by atoms with E-state index in [9.17, 15) is 4.79 Å². The first-order valence-electron chi connectivity index (χ1n) is 7.66. The van der Waals surface area contributed by atoms with Gasteiger partial charge in [0.25, 0.3) is 0 Å². The molecule has 0 bridgehead atoms. The monoisotopic (exact) mass is 309 g/mol. The van der Waals surface area contributed by atoms with Gasteiger partial charge in [-0.2, -0.15) is 0 Å². The molecule has 116 valence electrons. The zero-order chi connectivity index (χ0) is 15.4. The van der Waals surface area contributed by atoms with Gasteiger partial charge in [0.2, 0.25) is 0 Å². The van der Waals surface area contributed by atoms with Crippen LogP contribution in [0, 0.1) is 5.92 Å². The van der Waals surface area contributed by atoms with Crippen LogP contribution >= 0.6 is 11.6 Å². The number of carbonyl (C=O) groups is 1. The second kappa shape index (κ2) is 7.28. The van der Waals surface area contributed by atoms with Crippen LogP contribution < -0.4 is 0 Å². The molecule has 1 saturated heterocycles. The minimum atomic E-state index is -0.665. The third kappa shape index (κ3) is 4.45. The van der Waals surface area contributed by atoms with Crippen LogP contribution in [0.4, 0.5) is 0 Å². The summed E-state index contributed by atoms with van der Waals surface area (Å²) in [6.07, 6.45) is 1.45. The quantitative estimate of drug-likeness (QED) is 0.839. The van der Waals surface area contributed by atoms with Crippen LogP contribution in [0.1, 0.15) is 49.1 Å².